The fraction of sp³-hybridized carbons (Fsp3) is 0.333. The molecule has 4 nitrogen and oxygen atoms in total. The Hall–Kier alpha value is -1.58. The zero-order valence-electron chi connectivity index (χ0n) is 7.41. The molecular formula is C9H11N2O2. The highest BCUT2D eigenvalue weighted by molar-refractivity contribution is 5.47. The van der Waals surface area contributed by atoms with Crippen LogP contribution in [0.1, 0.15) is 13.3 Å². The minimum absolute atomic E-state index is 0.0713. The normalized spacial score (nSPS) is 9.62. The van der Waals surface area contributed by atoms with Crippen molar-refractivity contribution < 1.29 is 4.92 Å². The first-order valence-corrected chi connectivity index (χ1v) is 4.14. The summed E-state index contributed by atoms with van der Waals surface area (Å²) < 4.78 is 0. The van der Waals surface area contributed by atoms with Gasteiger partial charge in [-0.05, 0) is 12.5 Å². The second-order valence-corrected chi connectivity index (χ2v) is 2.64. The lowest BCUT2D eigenvalue weighted by Crippen LogP contribution is -1.99. The van der Waals surface area contributed by atoms with E-state index in [4.69, 9.17) is 0 Å². The second kappa shape index (κ2) is 4.45. The van der Waals surface area contributed by atoms with Gasteiger partial charge in [-0.2, -0.15) is 0 Å². The lowest BCUT2D eigenvalue weighted by atomic mass is 10.3. The maximum Gasteiger partial charge on any atom is 0.270 e. The van der Waals surface area contributed by atoms with Gasteiger partial charge < -0.3 is 5.32 Å². The zero-order chi connectivity index (χ0) is 9.68. The number of hydrogen-bond donors (Lipinski definition) is 1. The van der Waals surface area contributed by atoms with Crippen LogP contribution in [0.3, 0.4) is 0 Å². The molecule has 69 valence electrons. The lowest BCUT2D eigenvalue weighted by molar-refractivity contribution is -0.384. The van der Waals surface area contributed by atoms with Gasteiger partial charge in [-0.1, -0.05) is 6.92 Å². The third kappa shape index (κ3) is 2.74. The lowest BCUT2D eigenvalue weighted by Gasteiger charge is -2.02. The van der Waals surface area contributed by atoms with Crippen LogP contribution in [0.15, 0.2) is 18.2 Å². The van der Waals surface area contributed by atoms with Crippen LogP contribution in [0, 0.1) is 16.2 Å². The number of hydrogen-bond acceptors (Lipinski definition) is 3. The standard InChI is InChI=1S/C9H11N2O2/c1-2-7-10-8-3-5-9(6-4-8)11(12)13/h3,5-6,10H,2,7H2,1H3. The fourth-order valence-electron chi connectivity index (χ4n) is 0.900. The summed E-state index contributed by atoms with van der Waals surface area (Å²) in [6, 6.07) is 7.30. The predicted molar refractivity (Wildman–Crippen MR) is 50.7 cm³/mol. The van der Waals surface area contributed by atoms with Gasteiger partial charge in [0.15, 0.2) is 0 Å². The van der Waals surface area contributed by atoms with Crippen molar-refractivity contribution in [1.82, 2.24) is 0 Å². The number of nitro groups is 1. The minimum Gasteiger partial charge on any atom is -0.385 e. The molecule has 0 fully saturated rings. The van der Waals surface area contributed by atoms with E-state index in [0.29, 0.717) is 0 Å². The second-order valence-electron chi connectivity index (χ2n) is 2.64. The number of nitrogens with zero attached hydrogens (tertiary/aromatic N) is 1. The summed E-state index contributed by atoms with van der Waals surface area (Å²) in [4.78, 5) is 9.86. The Morgan fingerprint density at radius 1 is 1.62 bits per heavy atom. The van der Waals surface area contributed by atoms with Crippen molar-refractivity contribution in [3.05, 3.63) is 34.4 Å². The molecule has 0 unspecified atom stereocenters. The molecule has 0 saturated heterocycles. The van der Waals surface area contributed by atoms with Crippen molar-refractivity contribution in [2.45, 2.75) is 13.3 Å². The fourth-order valence-corrected chi connectivity index (χ4v) is 0.900. The first kappa shape index (κ1) is 9.51. The van der Waals surface area contributed by atoms with Gasteiger partial charge in [0.05, 0.1) is 4.92 Å². The van der Waals surface area contributed by atoms with E-state index in [1.165, 1.54) is 12.1 Å². The first-order valence-electron chi connectivity index (χ1n) is 4.14. The maximum atomic E-state index is 10.3. The molecule has 1 aromatic rings. The largest absolute Gasteiger partial charge is 0.385 e. The van der Waals surface area contributed by atoms with E-state index < -0.39 is 4.92 Å². The zero-order valence-corrected chi connectivity index (χ0v) is 7.41. The van der Waals surface area contributed by atoms with Gasteiger partial charge in [0.25, 0.3) is 5.69 Å². The molecule has 1 aromatic carbocycles. The number of anilines is 1. The average Bonchev–Trinajstić information content (AvgIpc) is 2.15. The molecule has 0 amide bonds. The van der Waals surface area contributed by atoms with Crippen molar-refractivity contribution in [3.63, 3.8) is 0 Å². The van der Waals surface area contributed by atoms with Crippen molar-refractivity contribution in [2.75, 3.05) is 11.9 Å². The Morgan fingerprint density at radius 2 is 2.38 bits per heavy atom. The highest BCUT2D eigenvalue weighted by Crippen LogP contribution is 2.14. The van der Waals surface area contributed by atoms with E-state index in [2.05, 4.69) is 18.3 Å². The summed E-state index contributed by atoms with van der Waals surface area (Å²) in [5, 5.41) is 13.4. The number of benzene rings is 1. The number of nitrogens with one attached hydrogen (secondary N) is 1. The quantitative estimate of drug-likeness (QED) is 0.569. The molecule has 0 bridgehead atoms. The molecule has 0 heterocycles. The SMILES string of the molecule is CCCNc1[c]cc([N+](=O)[O-])cc1. The van der Waals surface area contributed by atoms with E-state index in [1.807, 2.05) is 0 Å². The van der Waals surface area contributed by atoms with E-state index in [-0.39, 0.29) is 5.69 Å². The summed E-state index contributed by atoms with van der Waals surface area (Å²) in [5.41, 5.74) is 0.870. The molecule has 0 aromatic heterocycles. The number of rotatable bonds is 4. The van der Waals surface area contributed by atoms with E-state index >= 15 is 0 Å². The van der Waals surface area contributed by atoms with Gasteiger partial charge >= 0.3 is 0 Å². The first-order chi connectivity index (χ1) is 6.24. The Kier molecular flexibility index (Phi) is 3.25. The smallest absolute Gasteiger partial charge is 0.270 e. The van der Waals surface area contributed by atoms with Crippen LogP contribution >= 0.6 is 0 Å². The van der Waals surface area contributed by atoms with Gasteiger partial charge in [0, 0.05) is 30.4 Å². The van der Waals surface area contributed by atoms with Crippen molar-refractivity contribution in [3.8, 4) is 0 Å². The molecular weight excluding hydrogens is 168 g/mol. The van der Waals surface area contributed by atoms with Crippen LogP contribution < -0.4 is 5.32 Å². The predicted octanol–water partition coefficient (Wildman–Crippen LogP) is 2.22. The van der Waals surface area contributed by atoms with Crippen LogP contribution in [-0.2, 0) is 0 Å². The molecule has 0 aliphatic heterocycles. The highest BCUT2D eigenvalue weighted by atomic mass is 16.6. The topological polar surface area (TPSA) is 55.2 Å². The van der Waals surface area contributed by atoms with Gasteiger partial charge in [-0.3, -0.25) is 10.1 Å². The number of nitro benzene ring substituents is 1. The van der Waals surface area contributed by atoms with Crippen LogP contribution in [-0.4, -0.2) is 11.5 Å². The summed E-state index contributed by atoms with van der Waals surface area (Å²) in [5.74, 6) is 0. The number of non-ortho nitro benzene ring substituents is 1. The molecule has 0 aliphatic rings. The average molecular weight is 179 g/mol. The van der Waals surface area contributed by atoms with E-state index in [1.54, 1.807) is 6.07 Å². The molecule has 4 heteroatoms. The third-order valence-electron chi connectivity index (χ3n) is 1.57. The van der Waals surface area contributed by atoms with Crippen LogP contribution in [0.5, 0.6) is 0 Å². The Bertz CT molecular complexity index is 282. The van der Waals surface area contributed by atoms with Crippen molar-refractivity contribution in [2.24, 2.45) is 0 Å². The van der Waals surface area contributed by atoms with E-state index in [9.17, 15) is 10.1 Å². The monoisotopic (exact) mass is 179 g/mol. The van der Waals surface area contributed by atoms with E-state index in [0.717, 1.165) is 18.7 Å². The van der Waals surface area contributed by atoms with Crippen LogP contribution in [0.2, 0.25) is 0 Å². The third-order valence-corrected chi connectivity index (χ3v) is 1.57. The molecule has 1 rings (SSSR count). The maximum absolute atomic E-state index is 10.3. The Labute approximate surface area is 76.7 Å². The molecule has 0 spiro atoms. The molecule has 0 saturated carbocycles. The van der Waals surface area contributed by atoms with Crippen LogP contribution in [0.4, 0.5) is 11.4 Å². The molecule has 0 atom stereocenters. The molecule has 0 aliphatic carbocycles. The summed E-state index contributed by atoms with van der Waals surface area (Å²) in [6.45, 7) is 2.91. The van der Waals surface area contributed by atoms with Crippen LogP contribution in [0.25, 0.3) is 0 Å². The Balaban J connectivity index is 2.64. The van der Waals surface area contributed by atoms with Gasteiger partial charge in [0.1, 0.15) is 0 Å². The minimum atomic E-state index is -0.430. The summed E-state index contributed by atoms with van der Waals surface area (Å²) in [6.07, 6.45) is 1.02. The van der Waals surface area contributed by atoms with Crippen molar-refractivity contribution >= 4 is 11.4 Å². The molecule has 1 radical (unpaired) electrons. The summed E-state index contributed by atoms with van der Waals surface area (Å²) in [7, 11) is 0. The van der Waals surface area contributed by atoms with Gasteiger partial charge in [-0.15, -0.1) is 0 Å². The molecule has 1 N–H and O–H groups in total. The summed E-state index contributed by atoms with van der Waals surface area (Å²) >= 11 is 0. The highest BCUT2D eigenvalue weighted by Gasteiger charge is 2.02. The van der Waals surface area contributed by atoms with Gasteiger partial charge in [-0.25, -0.2) is 0 Å². The van der Waals surface area contributed by atoms with Gasteiger partial charge in [0.2, 0.25) is 0 Å². The molecule has 13 heavy (non-hydrogen) atoms. The van der Waals surface area contributed by atoms with Crippen molar-refractivity contribution in [1.29, 1.82) is 0 Å². The Morgan fingerprint density at radius 3 is 2.85 bits per heavy atom.